The summed E-state index contributed by atoms with van der Waals surface area (Å²) in [6, 6.07) is 5.98. The van der Waals surface area contributed by atoms with Crippen molar-refractivity contribution in [1.29, 1.82) is 5.26 Å². The Morgan fingerprint density at radius 3 is 2.75 bits per heavy atom. The van der Waals surface area contributed by atoms with Crippen LogP contribution in [-0.4, -0.2) is 22.7 Å². The van der Waals surface area contributed by atoms with Crippen LogP contribution in [0.25, 0.3) is 10.9 Å². The smallest absolute Gasteiger partial charge is 0.306 e. The molecule has 2 N–H and O–H groups in total. The SMILES string of the molecule is CC.CCC1(CC(=O)O)OCCc2c1[nH]c1c(C)ccc(C#N)c21. The number of benzene rings is 1. The Balaban J connectivity index is 0.00000100. The maximum Gasteiger partial charge on any atom is 0.306 e. The predicted octanol–water partition coefficient (Wildman–Crippen LogP) is 4.03. The topological polar surface area (TPSA) is 86.1 Å². The molecule has 1 aromatic heterocycles. The van der Waals surface area contributed by atoms with E-state index in [0.29, 0.717) is 25.0 Å². The number of aliphatic carboxylic acids is 1. The fourth-order valence-electron chi connectivity index (χ4n) is 3.45. The van der Waals surface area contributed by atoms with Crippen molar-refractivity contribution in [1.82, 2.24) is 4.98 Å². The third kappa shape index (κ3) is 2.78. The maximum absolute atomic E-state index is 11.3. The van der Waals surface area contributed by atoms with Gasteiger partial charge in [-0.15, -0.1) is 0 Å². The van der Waals surface area contributed by atoms with Gasteiger partial charge in [-0.05, 0) is 37.0 Å². The lowest BCUT2D eigenvalue weighted by Gasteiger charge is -2.35. The molecule has 0 amide bonds. The lowest BCUT2D eigenvalue weighted by Crippen LogP contribution is -2.37. The molecule has 128 valence electrons. The van der Waals surface area contributed by atoms with Crippen molar-refractivity contribution in [3.05, 3.63) is 34.5 Å². The molecule has 24 heavy (non-hydrogen) atoms. The van der Waals surface area contributed by atoms with E-state index in [9.17, 15) is 15.2 Å². The summed E-state index contributed by atoms with van der Waals surface area (Å²) >= 11 is 0. The van der Waals surface area contributed by atoms with Crippen molar-refractivity contribution in [3.8, 4) is 6.07 Å². The summed E-state index contributed by atoms with van der Waals surface area (Å²) < 4.78 is 5.90. The lowest BCUT2D eigenvalue weighted by molar-refractivity contribution is -0.148. The highest BCUT2D eigenvalue weighted by molar-refractivity contribution is 5.93. The molecule has 5 nitrogen and oxygen atoms in total. The van der Waals surface area contributed by atoms with E-state index >= 15 is 0 Å². The third-order valence-corrected chi connectivity index (χ3v) is 4.58. The third-order valence-electron chi connectivity index (χ3n) is 4.58. The number of carboxylic acids is 1. The molecule has 3 rings (SSSR count). The van der Waals surface area contributed by atoms with E-state index in [-0.39, 0.29) is 6.42 Å². The minimum absolute atomic E-state index is 0.0791. The highest BCUT2D eigenvalue weighted by Gasteiger charge is 2.41. The fraction of sp³-hybridized carbons (Fsp3) is 0.474. The number of aryl methyl sites for hydroxylation is 1. The van der Waals surface area contributed by atoms with Gasteiger partial charge in [0.25, 0.3) is 0 Å². The first-order valence-corrected chi connectivity index (χ1v) is 8.43. The lowest BCUT2D eigenvalue weighted by atomic mass is 9.85. The number of hydrogen-bond donors (Lipinski definition) is 2. The molecule has 1 aliphatic rings. The molecular formula is C19H24N2O3. The van der Waals surface area contributed by atoms with Gasteiger partial charge in [0.2, 0.25) is 0 Å². The Morgan fingerprint density at radius 2 is 2.17 bits per heavy atom. The van der Waals surface area contributed by atoms with Crippen molar-refractivity contribution in [2.75, 3.05) is 6.61 Å². The first-order chi connectivity index (χ1) is 11.5. The van der Waals surface area contributed by atoms with Gasteiger partial charge >= 0.3 is 5.97 Å². The van der Waals surface area contributed by atoms with Crippen LogP contribution >= 0.6 is 0 Å². The van der Waals surface area contributed by atoms with Gasteiger partial charge in [0.05, 0.1) is 35.9 Å². The maximum atomic E-state index is 11.3. The second-order valence-electron chi connectivity index (χ2n) is 5.79. The largest absolute Gasteiger partial charge is 0.481 e. The van der Waals surface area contributed by atoms with E-state index < -0.39 is 11.6 Å². The van der Waals surface area contributed by atoms with Gasteiger partial charge in [0, 0.05) is 5.39 Å². The Hall–Kier alpha value is -2.32. The van der Waals surface area contributed by atoms with Crippen LogP contribution in [0, 0.1) is 18.3 Å². The standard InChI is InChI=1S/C17H18N2O3.C2H6/c1-3-17(8-13(20)21)16-12(6-7-22-17)14-11(9-18)5-4-10(2)15(14)19-16;1-2/h4-5,19H,3,6-8H2,1-2H3,(H,20,21);1-2H3. The number of carboxylic acid groups (broad SMARTS) is 1. The summed E-state index contributed by atoms with van der Waals surface area (Å²) in [7, 11) is 0. The molecule has 0 saturated carbocycles. The average Bonchev–Trinajstić information content (AvgIpc) is 2.99. The monoisotopic (exact) mass is 328 g/mol. The molecule has 5 heteroatoms. The highest BCUT2D eigenvalue weighted by Crippen LogP contribution is 2.42. The molecule has 0 bridgehead atoms. The van der Waals surface area contributed by atoms with Gasteiger partial charge in [-0.2, -0.15) is 5.26 Å². The van der Waals surface area contributed by atoms with Crippen molar-refractivity contribution in [2.24, 2.45) is 0 Å². The normalized spacial score (nSPS) is 19.1. The Bertz CT molecular complexity index is 801. The molecule has 1 aliphatic heterocycles. The van der Waals surface area contributed by atoms with Crippen molar-refractivity contribution >= 4 is 16.9 Å². The number of hydrogen-bond acceptors (Lipinski definition) is 3. The van der Waals surface area contributed by atoms with E-state index in [1.165, 1.54) is 0 Å². The Morgan fingerprint density at radius 1 is 1.46 bits per heavy atom. The number of carbonyl (C=O) groups is 1. The molecule has 0 fully saturated rings. The number of fused-ring (bicyclic) bond motifs is 3. The molecule has 2 heterocycles. The number of nitrogens with one attached hydrogen (secondary N) is 1. The number of H-pyrrole nitrogens is 1. The summed E-state index contributed by atoms with van der Waals surface area (Å²) in [6.45, 7) is 8.39. The van der Waals surface area contributed by atoms with Crippen LogP contribution in [0.2, 0.25) is 0 Å². The summed E-state index contributed by atoms with van der Waals surface area (Å²) in [4.78, 5) is 14.7. The molecule has 2 aromatic rings. The minimum Gasteiger partial charge on any atom is -0.481 e. The van der Waals surface area contributed by atoms with Gasteiger partial charge in [0.15, 0.2) is 0 Å². The summed E-state index contributed by atoms with van der Waals surface area (Å²) in [5.41, 5.74) is 3.60. The van der Waals surface area contributed by atoms with Crippen LogP contribution in [0.1, 0.15) is 56.0 Å². The molecule has 1 atom stereocenters. The zero-order valence-corrected chi connectivity index (χ0v) is 14.7. The van der Waals surface area contributed by atoms with Crippen LogP contribution in [0.5, 0.6) is 0 Å². The van der Waals surface area contributed by atoms with Crippen LogP contribution in [0.4, 0.5) is 0 Å². The number of ether oxygens (including phenoxy) is 1. The van der Waals surface area contributed by atoms with E-state index in [1.54, 1.807) is 0 Å². The van der Waals surface area contributed by atoms with Gasteiger partial charge < -0.3 is 14.8 Å². The predicted molar refractivity (Wildman–Crippen MR) is 93.0 cm³/mol. The quantitative estimate of drug-likeness (QED) is 0.890. The molecule has 0 radical (unpaired) electrons. The average molecular weight is 328 g/mol. The molecule has 1 aromatic carbocycles. The number of nitrogens with zero attached hydrogens (tertiary/aromatic N) is 1. The van der Waals surface area contributed by atoms with E-state index in [4.69, 9.17) is 4.74 Å². The number of aromatic nitrogens is 1. The van der Waals surface area contributed by atoms with Crippen LogP contribution in [0.3, 0.4) is 0 Å². The molecule has 0 spiro atoms. The molecule has 0 aliphatic carbocycles. The molecule has 1 unspecified atom stereocenters. The number of rotatable bonds is 3. The second kappa shape index (κ2) is 7.06. The Kier molecular flexibility index (Phi) is 5.30. The van der Waals surface area contributed by atoms with Gasteiger partial charge in [-0.1, -0.05) is 26.8 Å². The zero-order chi connectivity index (χ0) is 17.9. The van der Waals surface area contributed by atoms with Crippen molar-refractivity contribution < 1.29 is 14.6 Å². The minimum atomic E-state index is -0.884. The summed E-state index contributed by atoms with van der Waals surface area (Å²) in [5, 5.41) is 19.6. The second-order valence-corrected chi connectivity index (χ2v) is 5.79. The molecular weight excluding hydrogens is 304 g/mol. The molecule has 0 saturated heterocycles. The summed E-state index contributed by atoms with van der Waals surface area (Å²) in [5.74, 6) is -0.884. The van der Waals surface area contributed by atoms with Gasteiger partial charge in [-0.3, -0.25) is 4.79 Å². The Labute approximate surface area is 142 Å². The van der Waals surface area contributed by atoms with E-state index in [1.807, 2.05) is 39.8 Å². The first kappa shape index (κ1) is 18.0. The van der Waals surface area contributed by atoms with Crippen molar-refractivity contribution in [2.45, 2.75) is 52.6 Å². The van der Waals surface area contributed by atoms with Crippen LogP contribution in [0.15, 0.2) is 12.1 Å². The summed E-state index contributed by atoms with van der Waals surface area (Å²) in [6.07, 6.45) is 1.18. The van der Waals surface area contributed by atoms with Gasteiger partial charge in [0.1, 0.15) is 5.60 Å². The highest BCUT2D eigenvalue weighted by atomic mass is 16.5. The van der Waals surface area contributed by atoms with E-state index in [2.05, 4.69) is 11.1 Å². The first-order valence-electron chi connectivity index (χ1n) is 8.43. The zero-order valence-electron chi connectivity index (χ0n) is 14.7. The fourth-order valence-corrected chi connectivity index (χ4v) is 3.45. The number of aromatic amines is 1. The van der Waals surface area contributed by atoms with E-state index in [0.717, 1.165) is 27.7 Å². The van der Waals surface area contributed by atoms with Gasteiger partial charge in [-0.25, -0.2) is 0 Å². The van der Waals surface area contributed by atoms with Crippen LogP contribution < -0.4 is 0 Å². The van der Waals surface area contributed by atoms with Crippen LogP contribution in [-0.2, 0) is 21.6 Å². The number of nitriles is 1. The van der Waals surface area contributed by atoms with Crippen molar-refractivity contribution in [3.63, 3.8) is 0 Å².